The van der Waals surface area contributed by atoms with E-state index in [1.165, 1.54) is 18.5 Å². The number of rotatable bonds is 7. The molecule has 2 aromatic rings. The maximum absolute atomic E-state index is 13.4. The molecule has 0 aliphatic heterocycles. The number of hydrogen-bond donors (Lipinski definition) is 0. The van der Waals surface area contributed by atoms with Crippen molar-refractivity contribution in [3.63, 3.8) is 0 Å². The van der Waals surface area contributed by atoms with Crippen molar-refractivity contribution in [2.75, 3.05) is 6.61 Å². The van der Waals surface area contributed by atoms with Crippen LogP contribution in [0.5, 0.6) is 5.75 Å². The van der Waals surface area contributed by atoms with Crippen LogP contribution < -0.4 is 4.74 Å². The van der Waals surface area contributed by atoms with Gasteiger partial charge in [-0.2, -0.15) is 0 Å². The molecule has 0 bridgehead atoms. The first-order valence-corrected chi connectivity index (χ1v) is 8.27. The number of halogens is 3. The summed E-state index contributed by atoms with van der Waals surface area (Å²) in [5.74, 6) is 0.953. The fraction of sp³-hybridized carbons (Fsp3) is 0.444. The molecule has 2 aromatic heterocycles. The molecule has 24 heavy (non-hydrogen) atoms. The van der Waals surface area contributed by atoms with E-state index in [1.807, 2.05) is 6.92 Å². The molecule has 2 heterocycles. The molecule has 130 valence electrons. The van der Waals surface area contributed by atoms with Crippen LogP contribution in [0.4, 0.5) is 8.78 Å². The summed E-state index contributed by atoms with van der Waals surface area (Å²) in [6.07, 6.45) is 1.21. The van der Waals surface area contributed by atoms with E-state index < -0.39 is 6.43 Å². The number of ether oxygens (including phenoxy) is 1. The van der Waals surface area contributed by atoms with Crippen LogP contribution in [-0.2, 0) is 0 Å². The van der Waals surface area contributed by atoms with Crippen molar-refractivity contribution >= 4 is 11.6 Å². The van der Waals surface area contributed by atoms with E-state index in [9.17, 15) is 8.78 Å². The van der Waals surface area contributed by atoms with Gasteiger partial charge >= 0.3 is 0 Å². The Bertz CT molecular complexity index is 680. The molecule has 0 spiro atoms. The van der Waals surface area contributed by atoms with Gasteiger partial charge in [0.05, 0.1) is 24.1 Å². The van der Waals surface area contributed by atoms with Crippen molar-refractivity contribution in [3.05, 3.63) is 41.3 Å². The van der Waals surface area contributed by atoms with Gasteiger partial charge in [-0.15, -0.1) is 0 Å². The smallest absolute Gasteiger partial charge is 0.267 e. The molecule has 1 atom stereocenters. The zero-order valence-electron chi connectivity index (χ0n) is 14.0. The number of pyridine rings is 2. The number of alkyl halides is 2. The first kappa shape index (κ1) is 18.6. The van der Waals surface area contributed by atoms with Gasteiger partial charge in [-0.05, 0) is 36.5 Å². The molecule has 0 saturated heterocycles. The molecule has 0 saturated carbocycles. The summed E-state index contributed by atoms with van der Waals surface area (Å²) in [5.41, 5.74) is 0.887. The highest BCUT2D eigenvalue weighted by Gasteiger charge is 2.18. The van der Waals surface area contributed by atoms with Gasteiger partial charge in [0.25, 0.3) is 6.43 Å². The van der Waals surface area contributed by atoms with Gasteiger partial charge < -0.3 is 4.74 Å². The van der Waals surface area contributed by atoms with Crippen molar-refractivity contribution in [2.45, 2.75) is 33.6 Å². The lowest BCUT2D eigenvalue weighted by molar-refractivity contribution is 0.142. The maximum atomic E-state index is 13.4. The molecular formula is C18H21ClF2N2O. The van der Waals surface area contributed by atoms with Crippen molar-refractivity contribution in [1.82, 2.24) is 9.97 Å². The zero-order chi connectivity index (χ0) is 17.7. The third-order valence-electron chi connectivity index (χ3n) is 3.55. The first-order chi connectivity index (χ1) is 11.4. The van der Waals surface area contributed by atoms with E-state index in [-0.39, 0.29) is 22.4 Å². The summed E-state index contributed by atoms with van der Waals surface area (Å²) < 4.78 is 32.4. The average molecular weight is 355 g/mol. The minimum Gasteiger partial charge on any atom is -0.491 e. The van der Waals surface area contributed by atoms with Crippen LogP contribution in [0.1, 0.15) is 39.2 Å². The summed E-state index contributed by atoms with van der Waals surface area (Å²) >= 11 is 5.84. The van der Waals surface area contributed by atoms with E-state index in [2.05, 4.69) is 23.8 Å². The number of nitrogens with zero attached hydrogens (tertiary/aromatic N) is 2. The van der Waals surface area contributed by atoms with E-state index in [0.717, 1.165) is 6.42 Å². The SMILES string of the molecule is CC(C)C[C@H](C)COc1cnc(-c2ccnc(Cl)c2)cc1C(F)F. The molecule has 0 radical (unpaired) electrons. The first-order valence-electron chi connectivity index (χ1n) is 7.89. The molecule has 0 aliphatic rings. The molecule has 0 unspecified atom stereocenters. The maximum Gasteiger partial charge on any atom is 0.267 e. The molecular weight excluding hydrogens is 334 g/mol. The van der Waals surface area contributed by atoms with Crippen molar-refractivity contribution in [2.24, 2.45) is 11.8 Å². The van der Waals surface area contributed by atoms with Crippen molar-refractivity contribution in [1.29, 1.82) is 0 Å². The Kier molecular flexibility index (Phi) is 6.49. The number of aromatic nitrogens is 2. The molecule has 0 N–H and O–H groups in total. The minimum absolute atomic E-state index is 0.129. The van der Waals surface area contributed by atoms with E-state index >= 15 is 0 Å². The Balaban J connectivity index is 2.21. The summed E-state index contributed by atoms with van der Waals surface area (Å²) in [7, 11) is 0. The van der Waals surface area contributed by atoms with Crippen molar-refractivity contribution < 1.29 is 13.5 Å². The van der Waals surface area contributed by atoms with Gasteiger partial charge in [0.2, 0.25) is 0 Å². The molecule has 3 nitrogen and oxygen atoms in total. The van der Waals surface area contributed by atoms with Gasteiger partial charge in [0, 0.05) is 11.8 Å². The lowest BCUT2D eigenvalue weighted by Gasteiger charge is -2.17. The monoisotopic (exact) mass is 354 g/mol. The predicted molar refractivity (Wildman–Crippen MR) is 91.5 cm³/mol. The van der Waals surface area contributed by atoms with E-state index in [0.29, 0.717) is 23.8 Å². The predicted octanol–water partition coefficient (Wildman–Crippen LogP) is 5.80. The molecule has 0 aliphatic carbocycles. The average Bonchev–Trinajstić information content (AvgIpc) is 2.52. The highest BCUT2D eigenvalue weighted by atomic mass is 35.5. The Morgan fingerprint density at radius 1 is 1.17 bits per heavy atom. The summed E-state index contributed by atoms with van der Waals surface area (Å²) in [6.45, 7) is 6.68. The fourth-order valence-electron chi connectivity index (χ4n) is 2.57. The zero-order valence-corrected chi connectivity index (χ0v) is 14.7. The second-order valence-electron chi connectivity index (χ2n) is 6.32. The van der Waals surface area contributed by atoms with Crippen LogP contribution in [0.3, 0.4) is 0 Å². The van der Waals surface area contributed by atoms with Gasteiger partial charge in [-0.3, -0.25) is 4.98 Å². The molecule has 0 aromatic carbocycles. The second-order valence-corrected chi connectivity index (χ2v) is 6.71. The largest absolute Gasteiger partial charge is 0.491 e. The van der Waals surface area contributed by atoms with Crippen LogP contribution in [0.15, 0.2) is 30.6 Å². The Morgan fingerprint density at radius 3 is 2.54 bits per heavy atom. The van der Waals surface area contributed by atoms with Crippen LogP contribution in [0.25, 0.3) is 11.3 Å². The van der Waals surface area contributed by atoms with Crippen LogP contribution in [-0.4, -0.2) is 16.6 Å². The Labute approximate surface area is 146 Å². The lowest BCUT2D eigenvalue weighted by Crippen LogP contribution is -2.12. The third kappa shape index (κ3) is 5.13. The van der Waals surface area contributed by atoms with E-state index in [4.69, 9.17) is 16.3 Å². The standard InChI is InChI=1S/C18H21ClF2N2O/c1-11(2)6-12(3)10-24-16-9-23-15(8-14(16)18(20)21)13-4-5-22-17(19)7-13/h4-5,7-9,11-12,18H,6,10H2,1-3H3/t12-/m0/s1. The normalized spacial score (nSPS) is 12.7. The lowest BCUT2D eigenvalue weighted by atomic mass is 10.00. The quantitative estimate of drug-likeness (QED) is 0.590. The fourth-order valence-corrected chi connectivity index (χ4v) is 2.75. The second kappa shape index (κ2) is 8.38. The van der Waals surface area contributed by atoms with Gasteiger partial charge in [-0.1, -0.05) is 32.4 Å². The molecule has 6 heteroatoms. The molecule has 2 rings (SSSR count). The summed E-state index contributed by atoms with van der Waals surface area (Å²) in [4.78, 5) is 8.10. The summed E-state index contributed by atoms with van der Waals surface area (Å²) in [5, 5.41) is 0.288. The van der Waals surface area contributed by atoms with Crippen LogP contribution in [0, 0.1) is 11.8 Å². The van der Waals surface area contributed by atoms with Gasteiger partial charge in [0.15, 0.2) is 0 Å². The van der Waals surface area contributed by atoms with Crippen LogP contribution >= 0.6 is 11.6 Å². The highest BCUT2D eigenvalue weighted by Crippen LogP contribution is 2.32. The Morgan fingerprint density at radius 2 is 1.92 bits per heavy atom. The molecule has 0 amide bonds. The van der Waals surface area contributed by atoms with E-state index in [1.54, 1.807) is 12.1 Å². The van der Waals surface area contributed by atoms with Crippen molar-refractivity contribution in [3.8, 4) is 17.0 Å². The third-order valence-corrected chi connectivity index (χ3v) is 3.76. The highest BCUT2D eigenvalue weighted by molar-refractivity contribution is 6.29. The number of hydrogen-bond acceptors (Lipinski definition) is 3. The van der Waals surface area contributed by atoms with Gasteiger partial charge in [-0.25, -0.2) is 13.8 Å². The topological polar surface area (TPSA) is 35.0 Å². The van der Waals surface area contributed by atoms with Crippen LogP contribution in [0.2, 0.25) is 5.15 Å². The van der Waals surface area contributed by atoms with Gasteiger partial charge in [0.1, 0.15) is 10.9 Å². The minimum atomic E-state index is -2.64. The summed E-state index contributed by atoms with van der Waals surface area (Å²) in [6, 6.07) is 4.61. The Hall–Kier alpha value is -1.75. The molecule has 0 fully saturated rings.